The second kappa shape index (κ2) is 7.79. The number of hydrogen-bond donors (Lipinski definition) is 0. The molecule has 0 amide bonds. The summed E-state index contributed by atoms with van der Waals surface area (Å²) in [5.74, 6) is 2.08. The SMILES string of the molecule is Cc1nc2ncc(-c3ccnc(N4CCN(Cc5ccccc5)CC4)n3)c(C)n2n1. The molecule has 0 aliphatic carbocycles. The van der Waals surface area contributed by atoms with Gasteiger partial charge < -0.3 is 4.90 Å². The van der Waals surface area contributed by atoms with Gasteiger partial charge in [0.2, 0.25) is 5.95 Å². The van der Waals surface area contributed by atoms with Crippen molar-refractivity contribution in [2.45, 2.75) is 20.4 Å². The number of hydrogen-bond acceptors (Lipinski definition) is 7. The molecule has 0 unspecified atom stereocenters. The summed E-state index contributed by atoms with van der Waals surface area (Å²) >= 11 is 0. The Morgan fingerprint density at radius 1 is 0.900 bits per heavy atom. The summed E-state index contributed by atoms with van der Waals surface area (Å²) in [4.78, 5) is 22.9. The van der Waals surface area contributed by atoms with Crippen LogP contribution in [0.4, 0.5) is 5.95 Å². The summed E-state index contributed by atoms with van der Waals surface area (Å²) in [6, 6.07) is 12.5. The van der Waals surface area contributed by atoms with E-state index >= 15 is 0 Å². The van der Waals surface area contributed by atoms with Crippen LogP contribution in [0.1, 0.15) is 17.1 Å². The van der Waals surface area contributed by atoms with E-state index in [0.717, 1.165) is 55.6 Å². The number of aromatic nitrogens is 6. The zero-order valence-electron chi connectivity index (χ0n) is 17.2. The van der Waals surface area contributed by atoms with Gasteiger partial charge in [0.25, 0.3) is 5.78 Å². The van der Waals surface area contributed by atoms with E-state index in [4.69, 9.17) is 4.98 Å². The van der Waals surface area contributed by atoms with Crippen LogP contribution < -0.4 is 4.90 Å². The number of aryl methyl sites for hydroxylation is 2. The highest BCUT2D eigenvalue weighted by molar-refractivity contribution is 5.63. The molecule has 0 atom stereocenters. The van der Waals surface area contributed by atoms with Crippen LogP contribution in [0.25, 0.3) is 17.0 Å². The van der Waals surface area contributed by atoms with Gasteiger partial charge in [-0.25, -0.2) is 19.5 Å². The van der Waals surface area contributed by atoms with Crippen LogP contribution in [-0.4, -0.2) is 60.6 Å². The van der Waals surface area contributed by atoms with Crippen LogP contribution in [0, 0.1) is 13.8 Å². The van der Waals surface area contributed by atoms with Crippen molar-refractivity contribution in [3.05, 3.63) is 65.9 Å². The Kier molecular flexibility index (Phi) is 4.84. The van der Waals surface area contributed by atoms with Gasteiger partial charge in [-0.3, -0.25) is 4.90 Å². The lowest BCUT2D eigenvalue weighted by Crippen LogP contribution is -2.46. The van der Waals surface area contributed by atoms with Crippen molar-refractivity contribution < 1.29 is 0 Å². The number of nitrogens with zero attached hydrogens (tertiary/aromatic N) is 8. The largest absolute Gasteiger partial charge is 0.338 e. The molecule has 1 aliphatic rings. The highest BCUT2D eigenvalue weighted by atomic mass is 15.3. The van der Waals surface area contributed by atoms with Crippen LogP contribution in [0.15, 0.2) is 48.8 Å². The van der Waals surface area contributed by atoms with Crippen LogP contribution in [0.2, 0.25) is 0 Å². The fourth-order valence-corrected chi connectivity index (χ4v) is 3.89. The molecule has 0 bridgehead atoms. The van der Waals surface area contributed by atoms with Crippen molar-refractivity contribution >= 4 is 11.7 Å². The molecule has 1 aromatic carbocycles. The summed E-state index contributed by atoms with van der Waals surface area (Å²) in [5.41, 5.74) is 4.12. The summed E-state index contributed by atoms with van der Waals surface area (Å²) < 4.78 is 1.77. The van der Waals surface area contributed by atoms with Gasteiger partial charge in [-0.1, -0.05) is 30.3 Å². The van der Waals surface area contributed by atoms with Gasteiger partial charge in [0.15, 0.2) is 0 Å². The minimum Gasteiger partial charge on any atom is -0.338 e. The normalized spacial score (nSPS) is 15.1. The Balaban J connectivity index is 1.33. The second-order valence-electron chi connectivity index (χ2n) is 7.62. The lowest BCUT2D eigenvalue weighted by atomic mass is 10.2. The number of anilines is 1. The van der Waals surface area contributed by atoms with E-state index in [0.29, 0.717) is 11.6 Å². The van der Waals surface area contributed by atoms with Crippen LogP contribution in [-0.2, 0) is 6.54 Å². The third kappa shape index (κ3) is 3.61. The van der Waals surface area contributed by atoms with E-state index in [-0.39, 0.29) is 0 Å². The highest BCUT2D eigenvalue weighted by Gasteiger charge is 2.20. The average molecular weight is 400 g/mol. The molecule has 3 aromatic heterocycles. The van der Waals surface area contributed by atoms with Crippen LogP contribution >= 0.6 is 0 Å². The highest BCUT2D eigenvalue weighted by Crippen LogP contribution is 2.23. The number of rotatable bonds is 4. The number of piperazine rings is 1. The zero-order valence-corrected chi connectivity index (χ0v) is 17.2. The van der Waals surface area contributed by atoms with E-state index in [1.165, 1.54) is 5.56 Å². The molecule has 4 heterocycles. The molecule has 5 rings (SSSR count). The molecule has 1 saturated heterocycles. The summed E-state index contributed by atoms with van der Waals surface area (Å²) in [7, 11) is 0. The van der Waals surface area contributed by atoms with Crippen molar-refractivity contribution in [2.24, 2.45) is 0 Å². The molecule has 152 valence electrons. The lowest BCUT2D eigenvalue weighted by Gasteiger charge is -2.34. The van der Waals surface area contributed by atoms with Crippen molar-refractivity contribution in [1.82, 2.24) is 34.4 Å². The number of fused-ring (bicyclic) bond motifs is 1. The molecule has 8 heteroatoms. The quantitative estimate of drug-likeness (QED) is 0.521. The van der Waals surface area contributed by atoms with Gasteiger partial charge in [0.1, 0.15) is 5.82 Å². The molecule has 1 fully saturated rings. The molecule has 4 aromatic rings. The van der Waals surface area contributed by atoms with Crippen molar-refractivity contribution in [3.8, 4) is 11.3 Å². The van der Waals surface area contributed by atoms with Crippen molar-refractivity contribution in [1.29, 1.82) is 0 Å². The predicted octanol–water partition coefficient (Wildman–Crippen LogP) is 2.52. The molecule has 0 saturated carbocycles. The Hall–Kier alpha value is -3.39. The zero-order chi connectivity index (χ0) is 20.5. The standard InChI is InChI=1S/C22H24N8/c1-16-19(14-24-22-25-17(2)27-30(16)22)20-8-9-23-21(26-20)29-12-10-28(11-13-29)15-18-6-4-3-5-7-18/h3-9,14H,10-13,15H2,1-2H3. The van der Waals surface area contributed by atoms with E-state index < -0.39 is 0 Å². The third-order valence-electron chi connectivity index (χ3n) is 5.54. The Labute approximate surface area is 175 Å². The van der Waals surface area contributed by atoms with E-state index in [9.17, 15) is 0 Å². The molecule has 0 radical (unpaired) electrons. The Bertz CT molecular complexity index is 1160. The van der Waals surface area contributed by atoms with Crippen molar-refractivity contribution in [3.63, 3.8) is 0 Å². The van der Waals surface area contributed by atoms with Gasteiger partial charge in [-0.15, -0.1) is 0 Å². The maximum atomic E-state index is 4.84. The van der Waals surface area contributed by atoms with E-state index in [1.807, 2.05) is 32.3 Å². The molecular formula is C22H24N8. The lowest BCUT2D eigenvalue weighted by molar-refractivity contribution is 0.248. The first-order chi connectivity index (χ1) is 14.7. The van der Waals surface area contributed by atoms with Crippen molar-refractivity contribution in [2.75, 3.05) is 31.1 Å². The van der Waals surface area contributed by atoms with Crippen LogP contribution in [0.5, 0.6) is 0 Å². The minimum absolute atomic E-state index is 0.609. The third-order valence-corrected chi connectivity index (χ3v) is 5.54. The van der Waals surface area contributed by atoms with Gasteiger partial charge in [-0.05, 0) is 25.5 Å². The second-order valence-corrected chi connectivity index (χ2v) is 7.62. The molecule has 0 N–H and O–H groups in total. The van der Waals surface area contributed by atoms with Gasteiger partial charge >= 0.3 is 0 Å². The van der Waals surface area contributed by atoms with E-state index in [2.05, 4.69) is 60.2 Å². The first kappa shape index (κ1) is 18.6. The summed E-state index contributed by atoms with van der Waals surface area (Å²) in [5, 5.41) is 4.44. The molecule has 30 heavy (non-hydrogen) atoms. The topological polar surface area (TPSA) is 75.3 Å². The van der Waals surface area contributed by atoms with E-state index in [1.54, 1.807) is 4.52 Å². The summed E-state index contributed by atoms with van der Waals surface area (Å²) in [6.45, 7) is 8.68. The maximum Gasteiger partial charge on any atom is 0.252 e. The fraction of sp³-hybridized carbons (Fsp3) is 0.318. The van der Waals surface area contributed by atoms with Gasteiger partial charge in [-0.2, -0.15) is 10.1 Å². The Morgan fingerprint density at radius 2 is 1.70 bits per heavy atom. The molecule has 0 spiro atoms. The summed E-state index contributed by atoms with van der Waals surface area (Å²) in [6.07, 6.45) is 3.65. The molecule has 1 aliphatic heterocycles. The van der Waals surface area contributed by atoms with Crippen LogP contribution in [0.3, 0.4) is 0 Å². The smallest absolute Gasteiger partial charge is 0.252 e. The van der Waals surface area contributed by atoms with Gasteiger partial charge in [0.05, 0.1) is 11.4 Å². The predicted molar refractivity (Wildman–Crippen MR) is 115 cm³/mol. The first-order valence-corrected chi connectivity index (χ1v) is 10.2. The maximum absolute atomic E-state index is 4.84. The molecule has 8 nitrogen and oxygen atoms in total. The minimum atomic E-state index is 0.609. The monoisotopic (exact) mass is 400 g/mol. The molecular weight excluding hydrogens is 376 g/mol. The Morgan fingerprint density at radius 3 is 2.50 bits per heavy atom. The fourth-order valence-electron chi connectivity index (χ4n) is 3.89. The number of benzene rings is 1. The average Bonchev–Trinajstić information content (AvgIpc) is 3.17. The first-order valence-electron chi connectivity index (χ1n) is 10.2. The van der Waals surface area contributed by atoms with Gasteiger partial charge in [0, 0.05) is 50.7 Å².